The third-order valence-electron chi connectivity index (χ3n) is 2.69. The molecule has 0 spiro atoms. The van der Waals surface area contributed by atoms with Crippen molar-refractivity contribution in [1.29, 1.82) is 0 Å². The molecule has 1 atom stereocenters. The average Bonchev–Trinajstić information content (AvgIpc) is 2.89. The number of rotatable bonds is 8. The van der Waals surface area contributed by atoms with Crippen LogP contribution in [0.3, 0.4) is 0 Å². The summed E-state index contributed by atoms with van der Waals surface area (Å²) in [6.07, 6.45) is 0. The minimum absolute atomic E-state index is 0.0735. The molecule has 0 fully saturated rings. The van der Waals surface area contributed by atoms with Crippen molar-refractivity contribution in [3.8, 4) is 0 Å². The lowest BCUT2D eigenvalue weighted by molar-refractivity contribution is -0.145. The molecule has 1 amide bonds. The van der Waals surface area contributed by atoms with Crippen LogP contribution in [0, 0.1) is 5.92 Å². The lowest BCUT2D eigenvalue weighted by atomic mass is 10.2. The molecule has 0 bridgehead atoms. The molecular weight excluding hydrogens is 328 g/mol. The predicted octanol–water partition coefficient (Wildman–Crippen LogP) is 0.984. The maximum Gasteiger partial charge on any atom is 0.323 e. The molecule has 2 N–H and O–H groups in total. The number of hydrogen-bond donors (Lipinski definition) is 2. The van der Waals surface area contributed by atoms with Gasteiger partial charge in [0.25, 0.3) is 10.0 Å². The third kappa shape index (κ3) is 5.39. The van der Waals surface area contributed by atoms with Crippen LogP contribution in [0.5, 0.6) is 0 Å². The lowest BCUT2D eigenvalue weighted by Crippen LogP contribution is -2.49. The number of nitrogens with zero attached hydrogens (tertiary/aromatic N) is 1. The van der Waals surface area contributed by atoms with Gasteiger partial charge in [0.1, 0.15) is 10.8 Å². The Bertz CT molecular complexity index is 610. The molecule has 0 saturated carbocycles. The first-order valence-electron chi connectivity index (χ1n) is 6.70. The second-order valence-electron chi connectivity index (χ2n) is 5.28. The van der Waals surface area contributed by atoms with Crippen molar-refractivity contribution >= 4 is 33.2 Å². The van der Waals surface area contributed by atoms with Gasteiger partial charge in [0.05, 0.1) is 6.04 Å². The number of carbonyl (C=O) groups excluding carboxylic acids is 1. The molecule has 1 rings (SSSR count). The summed E-state index contributed by atoms with van der Waals surface area (Å²) in [7, 11) is -3.78. The molecule has 124 valence electrons. The number of carboxylic acid groups (broad SMARTS) is 1. The normalized spacial score (nSPS) is 13.1. The van der Waals surface area contributed by atoms with Gasteiger partial charge in [-0.2, -0.15) is 4.72 Å². The second-order valence-corrected chi connectivity index (χ2v) is 8.17. The number of thiophene rings is 1. The van der Waals surface area contributed by atoms with Crippen molar-refractivity contribution in [2.24, 2.45) is 5.92 Å². The van der Waals surface area contributed by atoms with Gasteiger partial charge in [-0.1, -0.05) is 19.9 Å². The Labute approximate surface area is 134 Å². The summed E-state index contributed by atoms with van der Waals surface area (Å²) in [5.41, 5.74) is 0. The Kier molecular flexibility index (Phi) is 6.51. The van der Waals surface area contributed by atoms with Gasteiger partial charge in [0, 0.05) is 6.54 Å². The van der Waals surface area contributed by atoms with Crippen LogP contribution in [0.2, 0.25) is 0 Å². The molecular formula is C13H20N2O5S2. The SMILES string of the molecule is CC(C)CN(CC(=O)O)C(=O)C(C)NS(=O)(=O)c1cccs1. The molecule has 1 heterocycles. The number of hydrogen-bond acceptors (Lipinski definition) is 5. The highest BCUT2D eigenvalue weighted by Gasteiger charge is 2.27. The monoisotopic (exact) mass is 348 g/mol. The topological polar surface area (TPSA) is 104 Å². The van der Waals surface area contributed by atoms with Crippen LogP contribution in [0.25, 0.3) is 0 Å². The zero-order chi connectivity index (χ0) is 16.9. The fraction of sp³-hybridized carbons (Fsp3) is 0.538. The molecule has 0 saturated heterocycles. The van der Waals surface area contributed by atoms with Crippen molar-refractivity contribution in [2.45, 2.75) is 31.0 Å². The minimum Gasteiger partial charge on any atom is -0.480 e. The van der Waals surface area contributed by atoms with E-state index in [1.54, 1.807) is 11.4 Å². The van der Waals surface area contributed by atoms with Crippen LogP contribution in [0.15, 0.2) is 21.7 Å². The van der Waals surface area contributed by atoms with Crippen LogP contribution in [0.4, 0.5) is 0 Å². The highest BCUT2D eigenvalue weighted by atomic mass is 32.2. The fourth-order valence-corrected chi connectivity index (χ4v) is 4.07. The molecule has 9 heteroatoms. The first-order chi connectivity index (χ1) is 10.1. The summed E-state index contributed by atoms with van der Waals surface area (Å²) in [5.74, 6) is -1.62. The van der Waals surface area contributed by atoms with Gasteiger partial charge in [-0.25, -0.2) is 8.42 Å². The molecule has 1 aromatic rings. The van der Waals surface area contributed by atoms with Gasteiger partial charge in [-0.05, 0) is 24.3 Å². The molecule has 0 aliphatic carbocycles. The number of carboxylic acids is 1. The summed E-state index contributed by atoms with van der Waals surface area (Å²) < 4.78 is 26.6. The zero-order valence-electron chi connectivity index (χ0n) is 12.6. The molecule has 0 aliphatic rings. The van der Waals surface area contributed by atoms with Crippen LogP contribution in [0.1, 0.15) is 20.8 Å². The van der Waals surface area contributed by atoms with E-state index in [4.69, 9.17) is 5.11 Å². The van der Waals surface area contributed by atoms with Crippen molar-refractivity contribution in [3.63, 3.8) is 0 Å². The number of amides is 1. The molecule has 22 heavy (non-hydrogen) atoms. The van der Waals surface area contributed by atoms with Gasteiger partial charge in [0.15, 0.2) is 0 Å². The Morgan fingerprint density at radius 1 is 1.36 bits per heavy atom. The number of nitrogens with one attached hydrogen (secondary N) is 1. The number of aliphatic carboxylic acids is 1. The maximum atomic E-state index is 12.3. The minimum atomic E-state index is -3.78. The summed E-state index contributed by atoms with van der Waals surface area (Å²) >= 11 is 1.04. The van der Waals surface area contributed by atoms with E-state index in [-0.39, 0.29) is 16.7 Å². The average molecular weight is 348 g/mol. The molecule has 0 aromatic carbocycles. The molecule has 0 radical (unpaired) electrons. The lowest BCUT2D eigenvalue weighted by Gasteiger charge is -2.26. The molecule has 1 unspecified atom stereocenters. The van der Waals surface area contributed by atoms with E-state index in [0.29, 0.717) is 0 Å². The largest absolute Gasteiger partial charge is 0.480 e. The highest BCUT2D eigenvalue weighted by Crippen LogP contribution is 2.16. The predicted molar refractivity (Wildman–Crippen MR) is 83.2 cm³/mol. The van der Waals surface area contributed by atoms with Crippen LogP contribution < -0.4 is 4.72 Å². The van der Waals surface area contributed by atoms with E-state index < -0.39 is 34.5 Å². The van der Waals surface area contributed by atoms with E-state index >= 15 is 0 Å². The van der Waals surface area contributed by atoms with Crippen molar-refractivity contribution in [2.75, 3.05) is 13.1 Å². The number of carbonyl (C=O) groups is 2. The van der Waals surface area contributed by atoms with E-state index in [0.717, 1.165) is 16.2 Å². The molecule has 7 nitrogen and oxygen atoms in total. The third-order valence-corrected chi connectivity index (χ3v) is 5.62. The van der Waals surface area contributed by atoms with Gasteiger partial charge in [0.2, 0.25) is 5.91 Å². The summed E-state index contributed by atoms with van der Waals surface area (Å²) in [4.78, 5) is 24.3. The molecule has 0 aliphatic heterocycles. The van der Waals surface area contributed by atoms with Gasteiger partial charge in [-0.15, -0.1) is 11.3 Å². The van der Waals surface area contributed by atoms with E-state index in [1.807, 2.05) is 13.8 Å². The Morgan fingerprint density at radius 3 is 2.45 bits per heavy atom. The van der Waals surface area contributed by atoms with Gasteiger partial charge in [-0.3, -0.25) is 9.59 Å². The summed E-state index contributed by atoms with van der Waals surface area (Å²) in [6.45, 7) is 4.90. The van der Waals surface area contributed by atoms with E-state index in [9.17, 15) is 18.0 Å². The molecule has 1 aromatic heterocycles. The second kappa shape index (κ2) is 7.70. The van der Waals surface area contributed by atoms with Crippen LogP contribution >= 0.6 is 11.3 Å². The first kappa shape index (κ1) is 18.6. The summed E-state index contributed by atoms with van der Waals surface area (Å²) in [5, 5.41) is 10.5. The van der Waals surface area contributed by atoms with E-state index in [1.165, 1.54) is 13.0 Å². The number of sulfonamides is 1. The van der Waals surface area contributed by atoms with Gasteiger partial charge < -0.3 is 10.0 Å². The Balaban J connectivity index is 2.83. The van der Waals surface area contributed by atoms with Crippen molar-refractivity contribution in [3.05, 3.63) is 17.5 Å². The smallest absolute Gasteiger partial charge is 0.323 e. The van der Waals surface area contributed by atoms with Crippen molar-refractivity contribution < 1.29 is 23.1 Å². The van der Waals surface area contributed by atoms with Gasteiger partial charge >= 0.3 is 5.97 Å². The fourth-order valence-electron chi connectivity index (χ4n) is 1.87. The Morgan fingerprint density at radius 2 is 2.00 bits per heavy atom. The quantitative estimate of drug-likeness (QED) is 0.729. The van der Waals surface area contributed by atoms with E-state index in [2.05, 4.69) is 4.72 Å². The first-order valence-corrected chi connectivity index (χ1v) is 9.06. The summed E-state index contributed by atoms with van der Waals surface area (Å²) in [6, 6.07) is 2.00. The Hall–Kier alpha value is -1.45. The highest BCUT2D eigenvalue weighted by molar-refractivity contribution is 7.91. The van der Waals surface area contributed by atoms with Crippen molar-refractivity contribution in [1.82, 2.24) is 9.62 Å². The maximum absolute atomic E-state index is 12.3. The standard InChI is InChI=1S/C13H20N2O5S2/c1-9(2)7-15(8-11(16)17)13(18)10(3)14-22(19,20)12-5-4-6-21-12/h4-6,9-10,14H,7-8H2,1-3H3,(H,16,17). The van der Waals surface area contributed by atoms with Crippen LogP contribution in [-0.4, -0.2) is 49.4 Å². The van der Waals surface area contributed by atoms with Crippen LogP contribution in [-0.2, 0) is 19.6 Å². The zero-order valence-corrected chi connectivity index (χ0v) is 14.3.